The molecule has 0 saturated heterocycles. The quantitative estimate of drug-likeness (QED) is 0.138. The molecule has 0 bridgehead atoms. The monoisotopic (exact) mass is 610 g/mol. The second-order valence-corrected chi connectivity index (χ2v) is 14.2. The van der Waals surface area contributed by atoms with Crippen molar-refractivity contribution in [3.8, 4) is 44.5 Å². The van der Waals surface area contributed by atoms with Gasteiger partial charge in [0.25, 0.3) is 0 Å². The van der Waals surface area contributed by atoms with Crippen LogP contribution in [-0.2, 0) is 0 Å². The van der Waals surface area contributed by atoms with Crippen LogP contribution in [0.2, 0.25) is 0 Å². The maximum Gasteiger partial charge on any atom is -0.00137 e. The van der Waals surface area contributed by atoms with Crippen LogP contribution in [-0.4, -0.2) is 0 Å². The van der Waals surface area contributed by atoms with E-state index in [9.17, 15) is 0 Å². The second-order valence-electron chi connectivity index (χ2n) is 14.2. The molecule has 0 spiro atoms. The molecule has 0 nitrogen and oxygen atoms in total. The number of fused-ring (bicyclic) bond motifs is 5. The van der Waals surface area contributed by atoms with E-state index in [0.29, 0.717) is 5.92 Å². The molecule has 0 radical (unpaired) electrons. The Morgan fingerprint density at radius 2 is 0.917 bits per heavy atom. The van der Waals surface area contributed by atoms with Crippen molar-refractivity contribution in [2.24, 2.45) is 0 Å². The minimum atomic E-state index is 0.680. The molecule has 0 heterocycles. The average Bonchev–Trinajstić information content (AvgIpc) is 3.46. The summed E-state index contributed by atoms with van der Waals surface area (Å²) in [5.41, 5.74) is 12.2. The first-order chi connectivity index (χ1) is 23.8. The van der Waals surface area contributed by atoms with E-state index in [0.717, 1.165) is 0 Å². The lowest BCUT2D eigenvalue weighted by Crippen LogP contribution is -2.04. The van der Waals surface area contributed by atoms with Crippen LogP contribution < -0.4 is 0 Å². The van der Waals surface area contributed by atoms with Gasteiger partial charge in [-0.1, -0.05) is 141 Å². The second kappa shape index (κ2) is 10.0. The SMILES string of the molecule is c1ccc(-c2c3ccccc3c(-c3ccccc3)c3cc4c(cc23)-c2ccc3ccc5cc(C6CCCCC6)cc6cc-4c2c3c56)cc1. The highest BCUT2D eigenvalue weighted by Crippen LogP contribution is 2.55. The molecule has 0 aliphatic heterocycles. The molecule has 9 aromatic rings. The summed E-state index contributed by atoms with van der Waals surface area (Å²) < 4.78 is 0. The van der Waals surface area contributed by atoms with E-state index >= 15 is 0 Å². The Morgan fingerprint density at radius 3 is 1.58 bits per heavy atom. The van der Waals surface area contributed by atoms with Crippen LogP contribution in [0.15, 0.2) is 140 Å². The molecule has 0 aromatic heterocycles. The fourth-order valence-corrected chi connectivity index (χ4v) is 9.57. The standard InChI is InChI=1S/C48H34/c1-4-12-29(13-5-1)34-24-33-21-20-32-22-23-38-39-27-42-43(28-40(39)41-26-35(25-34)44(33)47(32)48(38)41)46(31-16-8-3-9-17-31)37-19-11-10-18-36(37)45(42)30-14-6-2-7-15-30/h2-3,6-11,14-29H,1,4-5,12-13H2. The highest BCUT2D eigenvalue weighted by molar-refractivity contribution is 6.33. The summed E-state index contributed by atoms with van der Waals surface area (Å²) in [6, 6.07) is 53.2. The minimum Gasteiger partial charge on any atom is -0.0622 e. The van der Waals surface area contributed by atoms with Gasteiger partial charge in [-0.3, -0.25) is 0 Å². The summed E-state index contributed by atoms with van der Waals surface area (Å²) in [7, 11) is 0. The van der Waals surface area contributed by atoms with E-state index in [2.05, 4.69) is 140 Å². The molecule has 1 fully saturated rings. The normalized spacial score (nSPS) is 14.6. The van der Waals surface area contributed by atoms with Gasteiger partial charge in [-0.05, 0) is 141 Å². The van der Waals surface area contributed by atoms with E-state index in [-0.39, 0.29) is 0 Å². The summed E-state index contributed by atoms with van der Waals surface area (Å²) in [4.78, 5) is 0. The van der Waals surface area contributed by atoms with Crippen molar-refractivity contribution in [2.75, 3.05) is 0 Å². The molecular weight excluding hydrogens is 577 g/mol. The van der Waals surface area contributed by atoms with E-state index < -0.39 is 0 Å². The predicted molar refractivity (Wildman–Crippen MR) is 206 cm³/mol. The lowest BCUT2D eigenvalue weighted by atomic mass is 9.81. The Hall–Kier alpha value is -5.46. The molecule has 48 heavy (non-hydrogen) atoms. The molecule has 226 valence electrons. The third-order valence-electron chi connectivity index (χ3n) is 11.7. The van der Waals surface area contributed by atoms with Crippen LogP contribution in [0.1, 0.15) is 43.6 Å². The summed E-state index contributed by atoms with van der Waals surface area (Å²) >= 11 is 0. The number of rotatable bonds is 3. The topological polar surface area (TPSA) is 0 Å². The van der Waals surface area contributed by atoms with Crippen molar-refractivity contribution in [1.82, 2.24) is 0 Å². The van der Waals surface area contributed by atoms with E-state index in [1.54, 1.807) is 0 Å². The van der Waals surface area contributed by atoms with Crippen LogP contribution in [0.5, 0.6) is 0 Å². The van der Waals surface area contributed by atoms with Crippen molar-refractivity contribution in [3.05, 3.63) is 145 Å². The van der Waals surface area contributed by atoms with E-state index in [1.165, 1.54) is 136 Å². The lowest BCUT2D eigenvalue weighted by Gasteiger charge is -2.23. The Labute approximate surface area is 280 Å². The molecule has 2 aliphatic carbocycles. The van der Waals surface area contributed by atoms with Gasteiger partial charge in [-0.25, -0.2) is 0 Å². The van der Waals surface area contributed by atoms with Crippen LogP contribution in [0.3, 0.4) is 0 Å². The molecule has 11 rings (SSSR count). The molecule has 0 unspecified atom stereocenters. The average molecular weight is 611 g/mol. The van der Waals surface area contributed by atoms with Gasteiger partial charge in [0.15, 0.2) is 0 Å². The largest absolute Gasteiger partial charge is 0.0622 e. The molecule has 9 aromatic carbocycles. The highest BCUT2D eigenvalue weighted by Gasteiger charge is 2.28. The minimum absolute atomic E-state index is 0.680. The van der Waals surface area contributed by atoms with Crippen LogP contribution in [0, 0.1) is 0 Å². The Kier molecular flexibility index (Phi) is 5.55. The zero-order chi connectivity index (χ0) is 31.3. The lowest BCUT2D eigenvalue weighted by molar-refractivity contribution is 0.444. The summed E-state index contributed by atoms with van der Waals surface area (Å²) in [6.45, 7) is 0. The Morgan fingerprint density at radius 1 is 0.354 bits per heavy atom. The smallest absolute Gasteiger partial charge is 0.00137 e. The van der Waals surface area contributed by atoms with Gasteiger partial charge in [0.05, 0.1) is 0 Å². The van der Waals surface area contributed by atoms with Gasteiger partial charge in [-0.2, -0.15) is 0 Å². The summed E-state index contributed by atoms with van der Waals surface area (Å²) in [6.07, 6.45) is 6.73. The third-order valence-corrected chi connectivity index (χ3v) is 11.7. The molecule has 1 saturated carbocycles. The fourth-order valence-electron chi connectivity index (χ4n) is 9.57. The van der Waals surface area contributed by atoms with E-state index in [1.807, 2.05) is 0 Å². The molecule has 0 atom stereocenters. The zero-order valence-electron chi connectivity index (χ0n) is 26.9. The molecule has 0 N–H and O–H groups in total. The van der Waals surface area contributed by atoms with Crippen LogP contribution in [0.25, 0.3) is 98.4 Å². The van der Waals surface area contributed by atoms with Gasteiger partial charge in [0, 0.05) is 0 Å². The van der Waals surface area contributed by atoms with Gasteiger partial charge >= 0.3 is 0 Å². The zero-order valence-corrected chi connectivity index (χ0v) is 26.9. The van der Waals surface area contributed by atoms with Gasteiger partial charge in [0.2, 0.25) is 0 Å². The maximum absolute atomic E-state index is 2.55. The van der Waals surface area contributed by atoms with Crippen molar-refractivity contribution in [1.29, 1.82) is 0 Å². The Bertz CT molecular complexity index is 2730. The summed E-state index contributed by atoms with van der Waals surface area (Å²) in [5, 5.41) is 13.7. The number of benzene rings is 9. The van der Waals surface area contributed by atoms with Gasteiger partial charge < -0.3 is 0 Å². The molecular formula is C48H34. The molecule has 2 aliphatic rings. The van der Waals surface area contributed by atoms with Crippen molar-refractivity contribution >= 4 is 53.9 Å². The molecule has 0 heteroatoms. The van der Waals surface area contributed by atoms with Crippen molar-refractivity contribution < 1.29 is 0 Å². The van der Waals surface area contributed by atoms with Gasteiger partial charge in [0.1, 0.15) is 0 Å². The first-order valence-corrected chi connectivity index (χ1v) is 17.7. The van der Waals surface area contributed by atoms with Gasteiger partial charge in [-0.15, -0.1) is 0 Å². The van der Waals surface area contributed by atoms with Crippen molar-refractivity contribution in [3.63, 3.8) is 0 Å². The first kappa shape index (κ1) is 26.6. The maximum atomic E-state index is 2.55. The Balaban J connectivity index is 1.28. The van der Waals surface area contributed by atoms with Crippen LogP contribution >= 0.6 is 0 Å². The van der Waals surface area contributed by atoms with E-state index in [4.69, 9.17) is 0 Å². The predicted octanol–water partition coefficient (Wildman–Crippen LogP) is 13.9. The number of hydrogen-bond acceptors (Lipinski definition) is 0. The summed E-state index contributed by atoms with van der Waals surface area (Å²) in [5.74, 6) is 0.680. The first-order valence-electron chi connectivity index (χ1n) is 17.7. The third kappa shape index (κ3) is 3.66. The number of hydrogen-bond donors (Lipinski definition) is 0. The van der Waals surface area contributed by atoms with Crippen LogP contribution in [0.4, 0.5) is 0 Å². The molecule has 0 amide bonds. The van der Waals surface area contributed by atoms with Crippen molar-refractivity contribution in [2.45, 2.75) is 38.0 Å². The fraction of sp³-hybridized carbons (Fsp3) is 0.125. The highest BCUT2D eigenvalue weighted by atomic mass is 14.3.